The number of fused-ring (bicyclic) bond motifs is 1. The van der Waals surface area contributed by atoms with Gasteiger partial charge < -0.3 is 15.1 Å². The van der Waals surface area contributed by atoms with Crippen molar-refractivity contribution in [1.82, 2.24) is 15.3 Å². The summed E-state index contributed by atoms with van der Waals surface area (Å²) < 4.78 is 0. The van der Waals surface area contributed by atoms with E-state index < -0.39 is 0 Å². The Kier molecular flexibility index (Phi) is 4.46. The molecule has 112 valence electrons. The number of nitrogens with zero attached hydrogens (tertiary/aromatic N) is 2. The fourth-order valence-electron chi connectivity index (χ4n) is 2.21. The van der Waals surface area contributed by atoms with Crippen LogP contribution in [0.3, 0.4) is 0 Å². The second-order valence-electron chi connectivity index (χ2n) is 4.89. The van der Waals surface area contributed by atoms with E-state index in [1.54, 1.807) is 6.20 Å². The summed E-state index contributed by atoms with van der Waals surface area (Å²) in [6.07, 6.45) is 3.59. The van der Waals surface area contributed by atoms with Crippen molar-refractivity contribution in [3.8, 4) is 0 Å². The van der Waals surface area contributed by atoms with Gasteiger partial charge in [0.2, 0.25) is 0 Å². The highest BCUT2D eigenvalue weighted by molar-refractivity contribution is 6.13. The first kappa shape index (κ1) is 14.3. The maximum atomic E-state index is 5.43. The first-order valence-electron chi connectivity index (χ1n) is 7.21. The molecule has 2 N–H and O–H groups in total. The van der Waals surface area contributed by atoms with Gasteiger partial charge in [0.25, 0.3) is 0 Å². The molecule has 0 aliphatic rings. The number of hydrogen-bond acceptors (Lipinski definition) is 4. The molecule has 5 nitrogen and oxygen atoms in total. The Morgan fingerprint density at radius 3 is 2.91 bits per heavy atom. The van der Waals surface area contributed by atoms with Gasteiger partial charge in [0.15, 0.2) is 0 Å². The third-order valence-electron chi connectivity index (χ3n) is 3.33. The highest BCUT2D eigenvalue weighted by atomic mass is 16.6. The predicted octanol–water partition coefficient (Wildman–Crippen LogP) is 2.55. The number of aromatic amines is 1. The number of rotatable bonds is 6. The van der Waals surface area contributed by atoms with E-state index in [4.69, 9.17) is 4.84 Å². The summed E-state index contributed by atoms with van der Waals surface area (Å²) in [5.41, 5.74) is 3.69. The smallest absolute Gasteiger partial charge is 0.133 e. The third kappa shape index (κ3) is 3.15. The zero-order valence-corrected chi connectivity index (χ0v) is 12.4. The van der Waals surface area contributed by atoms with Crippen LogP contribution in [0.25, 0.3) is 10.9 Å². The molecule has 0 atom stereocenters. The van der Waals surface area contributed by atoms with E-state index in [0.717, 1.165) is 34.4 Å². The molecule has 2 aromatic heterocycles. The molecule has 2 heterocycles. The van der Waals surface area contributed by atoms with Gasteiger partial charge in [0.1, 0.15) is 12.3 Å². The topological polar surface area (TPSA) is 62.3 Å². The van der Waals surface area contributed by atoms with Crippen LogP contribution < -0.4 is 5.32 Å². The minimum Gasteiger partial charge on any atom is -0.394 e. The number of likely N-dealkylation sites (N-methyl/N-ethyl adjacent to an activating group) is 1. The van der Waals surface area contributed by atoms with E-state index in [1.165, 1.54) is 0 Å². The largest absolute Gasteiger partial charge is 0.394 e. The molecule has 0 radical (unpaired) electrons. The normalized spacial score (nSPS) is 11.8. The molecule has 0 aliphatic heterocycles. The van der Waals surface area contributed by atoms with Crippen LogP contribution in [0.4, 0.5) is 0 Å². The summed E-state index contributed by atoms with van der Waals surface area (Å²) in [5, 5.41) is 8.45. The number of benzene rings is 1. The van der Waals surface area contributed by atoms with Gasteiger partial charge in [-0.1, -0.05) is 35.5 Å². The first-order valence-corrected chi connectivity index (χ1v) is 7.21. The van der Waals surface area contributed by atoms with E-state index in [-0.39, 0.29) is 0 Å². The van der Waals surface area contributed by atoms with Crippen LogP contribution in [0.5, 0.6) is 0 Å². The standard InChI is InChI=1S/C17H18N4O/c1-18-9-10-22-21-17(13-5-3-2-4-6-13)15-11-14-7-8-19-12-16(14)20-15/h2-8,11-12,18,20H,9-10H2,1H3/b21-17-. The second kappa shape index (κ2) is 6.87. The van der Waals surface area contributed by atoms with Gasteiger partial charge >= 0.3 is 0 Å². The van der Waals surface area contributed by atoms with Gasteiger partial charge in [0, 0.05) is 23.7 Å². The zero-order valence-electron chi connectivity index (χ0n) is 12.4. The van der Waals surface area contributed by atoms with E-state index in [2.05, 4.69) is 26.5 Å². The monoisotopic (exact) mass is 294 g/mol. The van der Waals surface area contributed by atoms with E-state index >= 15 is 0 Å². The molecule has 0 bridgehead atoms. The number of hydrogen-bond donors (Lipinski definition) is 2. The molecule has 3 aromatic rings. The second-order valence-corrected chi connectivity index (χ2v) is 4.89. The van der Waals surface area contributed by atoms with Gasteiger partial charge in [-0.05, 0) is 19.2 Å². The number of pyridine rings is 1. The summed E-state index contributed by atoms with van der Waals surface area (Å²) in [5.74, 6) is 0. The summed E-state index contributed by atoms with van der Waals surface area (Å²) in [7, 11) is 1.88. The molecule has 0 saturated heterocycles. The lowest BCUT2D eigenvalue weighted by Crippen LogP contribution is -2.13. The molecule has 0 spiro atoms. The Bertz CT molecular complexity index is 731. The first-order chi connectivity index (χ1) is 10.9. The molecule has 1 aromatic carbocycles. The predicted molar refractivity (Wildman–Crippen MR) is 88.1 cm³/mol. The van der Waals surface area contributed by atoms with Crippen molar-refractivity contribution in [2.45, 2.75) is 0 Å². The highest BCUT2D eigenvalue weighted by Crippen LogP contribution is 2.17. The summed E-state index contributed by atoms with van der Waals surface area (Å²) in [4.78, 5) is 12.9. The van der Waals surface area contributed by atoms with Crippen LogP contribution in [-0.4, -0.2) is 35.9 Å². The Hall–Kier alpha value is -2.66. The van der Waals surface area contributed by atoms with Crippen LogP contribution in [0.2, 0.25) is 0 Å². The summed E-state index contributed by atoms with van der Waals surface area (Å²) in [6.45, 7) is 1.27. The van der Waals surface area contributed by atoms with Crippen LogP contribution in [0, 0.1) is 0 Å². The SMILES string of the molecule is CNCCO/N=C(/c1ccccc1)c1cc2ccncc2[nH]1. The van der Waals surface area contributed by atoms with E-state index in [9.17, 15) is 0 Å². The average molecular weight is 294 g/mol. The van der Waals surface area contributed by atoms with Crippen LogP contribution in [0.15, 0.2) is 60.0 Å². The average Bonchev–Trinajstić information content (AvgIpc) is 2.99. The lowest BCUT2D eigenvalue weighted by Gasteiger charge is -2.05. The number of oxime groups is 1. The molecular weight excluding hydrogens is 276 g/mol. The summed E-state index contributed by atoms with van der Waals surface area (Å²) >= 11 is 0. The third-order valence-corrected chi connectivity index (χ3v) is 3.33. The van der Waals surface area contributed by atoms with Crippen molar-refractivity contribution in [2.75, 3.05) is 20.2 Å². The maximum Gasteiger partial charge on any atom is 0.133 e. The van der Waals surface area contributed by atoms with Crippen molar-refractivity contribution in [3.05, 3.63) is 66.1 Å². The molecule has 22 heavy (non-hydrogen) atoms. The van der Waals surface area contributed by atoms with Crippen LogP contribution in [0.1, 0.15) is 11.3 Å². The van der Waals surface area contributed by atoms with Crippen molar-refractivity contribution < 1.29 is 4.84 Å². The molecule has 0 fully saturated rings. The molecule has 3 rings (SSSR count). The fourth-order valence-corrected chi connectivity index (χ4v) is 2.21. The fraction of sp³-hybridized carbons (Fsp3) is 0.176. The van der Waals surface area contributed by atoms with Gasteiger partial charge in [-0.3, -0.25) is 4.98 Å². The number of nitrogens with one attached hydrogen (secondary N) is 2. The Morgan fingerprint density at radius 2 is 2.14 bits per heavy atom. The summed E-state index contributed by atoms with van der Waals surface area (Å²) in [6, 6.07) is 14.0. The zero-order chi connectivity index (χ0) is 15.2. The van der Waals surface area contributed by atoms with Crippen LogP contribution in [-0.2, 0) is 4.84 Å². The molecule has 0 saturated carbocycles. The van der Waals surface area contributed by atoms with E-state index in [0.29, 0.717) is 6.61 Å². The molecule has 0 aliphatic carbocycles. The minimum atomic E-state index is 0.522. The molecular formula is C17H18N4O. The van der Waals surface area contributed by atoms with Crippen molar-refractivity contribution in [3.63, 3.8) is 0 Å². The van der Waals surface area contributed by atoms with Gasteiger partial charge in [0.05, 0.1) is 17.4 Å². The molecule has 5 heteroatoms. The lowest BCUT2D eigenvalue weighted by molar-refractivity contribution is 0.148. The van der Waals surface area contributed by atoms with E-state index in [1.807, 2.05) is 49.6 Å². The highest BCUT2D eigenvalue weighted by Gasteiger charge is 2.11. The Balaban J connectivity index is 1.97. The lowest BCUT2D eigenvalue weighted by atomic mass is 10.1. The Morgan fingerprint density at radius 1 is 1.27 bits per heavy atom. The Labute approximate surface area is 129 Å². The van der Waals surface area contributed by atoms with Crippen LogP contribution >= 0.6 is 0 Å². The maximum absolute atomic E-state index is 5.43. The van der Waals surface area contributed by atoms with Crippen molar-refractivity contribution >= 4 is 16.6 Å². The van der Waals surface area contributed by atoms with Gasteiger partial charge in [-0.25, -0.2) is 0 Å². The minimum absolute atomic E-state index is 0.522. The van der Waals surface area contributed by atoms with Crippen molar-refractivity contribution in [2.24, 2.45) is 5.16 Å². The molecule has 0 unspecified atom stereocenters. The molecule has 0 amide bonds. The van der Waals surface area contributed by atoms with Gasteiger partial charge in [-0.2, -0.15) is 0 Å². The number of H-pyrrole nitrogens is 1. The quantitative estimate of drug-likeness (QED) is 0.417. The van der Waals surface area contributed by atoms with Crippen molar-refractivity contribution in [1.29, 1.82) is 0 Å². The number of aromatic nitrogens is 2. The van der Waals surface area contributed by atoms with Gasteiger partial charge in [-0.15, -0.1) is 0 Å².